The molecular formula is C12H10N2O4. The molecule has 2 aromatic rings. The van der Waals surface area contributed by atoms with E-state index in [2.05, 4.69) is 9.97 Å². The highest BCUT2D eigenvalue weighted by molar-refractivity contribution is 5.88. The number of hydrogen-bond donors (Lipinski definition) is 1. The molecule has 0 atom stereocenters. The number of aromatic nitrogens is 2. The molecule has 18 heavy (non-hydrogen) atoms. The van der Waals surface area contributed by atoms with E-state index in [0.29, 0.717) is 17.4 Å². The summed E-state index contributed by atoms with van der Waals surface area (Å²) in [6.07, 6.45) is 2.90. The van der Waals surface area contributed by atoms with Crippen molar-refractivity contribution in [2.24, 2.45) is 0 Å². The van der Waals surface area contributed by atoms with Gasteiger partial charge in [0.2, 0.25) is 5.88 Å². The van der Waals surface area contributed by atoms with Crippen LogP contribution in [0.5, 0.6) is 17.4 Å². The summed E-state index contributed by atoms with van der Waals surface area (Å²) in [5.74, 6) is 0.0444. The zero-order chi connectivity index (χ0) is 13.0. The smallest absolute Gasteiger partial charge is 0.335 e. The molecule has 1 heterocycles. The van der Waals surface area contributed by atoms with Crippen LogP contribution in [-0.4, -0.2) is 28.2 Å². The normalized spacial score (nSPS) is 9.83. The van der Waals surface area contributed by atoms with Crippen molar-refractivity contribution < 1.29 is 19.4 Å². The third kappa shape index (κ3) is 2.54. The van der Waals surface area contributed by atoms with Crippen LogP contribution in [0.3, 0.4) is 0 Å². The topological polar surface area (TPSA) is 81.5 Å². The number of hydrogen-bond acceptors (Lipinski definition) is 5. The van der Waals surface area contributed by atoms with Crippen molar-refractivity contribution in [2.45, 2.75) is 0 Å². The number of rotatable bonds is 4. The van der Waals surface area contributed by atoms with Gasteiger partial charge in [-0.1, -0.05) is 0 Å². The zero-order valence-electron chi connectivity index (χ0n) is 9.53. The maximum absolute atomic E-state index is 10.8. The van der Waals surface area contributed by atoms with Crippen molar-refractivity contribution in [3.63, 3.8) is 0 Å². The van der Waals surface area contributed by atoms with E-state index >= 15 is 0 Å². The SMILES string of the molecule is COc1cc(C(=O)O)ccc1Oc1ccncn1. The van der Waals surface area contributed by atoms with Gasteiger partial charge in [-0.3, -0.25) is 0 Å². The molecule has 0 aliphatic carbocycles. The summed E-state index contributed by atoms with van der Waals surface area (Å²) in [4.78, 5) is 18.5. The molecule has 92 valence electrons. The number of methoxy groups -OCH3 is 1. The second kappa shape index (κ2) is 5.13. The van der Waals surface area contributed by atoms with Gasteiger partial charge >= 0.3 is 5.97 Å². The van der Waals surface area contributed by atoms with Crippen molar-refractivity contribution >= 4 is 5.97 Å². The van der Waals surface area contributed by atoms with Crippen LogP contribution in [0.15, 0.2) is 36.8 Å². The Balaban J connectivity index is 2.31. The van der Waals surface area contributed by atoms with Gasteiger partial charge in [-0.25, -0.2) is 14.8 Å². The first-order valence-electron chi connectivity index (χ1n) is 5.06. The van der Waals surface area contributed by atoms with E-state index in [0.717, 1.165) is 0 Å². The van der Waals surface area contributed by atoms with E-state index in [1.165, 1.54) is 31.6 Å². The molecule has 0 aliphatic rings. The maximum atomic E-state index is 10.8. The number of aromatic carboxylic acids is 1. The number of carbonyl (C=O) groups is 1. The monoisotopic (exact) mass is 246 g/mol. The average molecular weight is 246 g/mol. The van der Waals surface area contributed by atoms with Gasteiger partial charge in [0, 0.05) is 12.3 Å². The average Bonchev–Trinajstić information content (AvgIpc) is 2.40. The van der Waals surface area contributed by atoms with Crippen LogP contribution >= 0.6 is 0 Å². The Bertz CT molecular complexity index is 557. The van der Waals surface area contributed by atoms with Crippen molar-refractivity contribution in [1.82, 2.24) is 9.97 Å². The second-order valence-corrected chi connectivity index (χ2v) is 3.32. The summed E-state index contributed by atoms with van der Waals surface area (Å²) in [7, 11) is 1.44. The predicted octanol–water partition coefficient (Wildman–Crippen LogP) is 1.98. The minimum Gasteiger partial charge on any atom is -0.493 e. The highest BCUT2D eigenvalue weighted by atomic mass is 16.5. The summed E-state index contributed by atoms with van der Waals surface area (Å²) in [5.41, 5.74) is 0.127. The first kappa shape index (κ1) is 11.8. The van der Waals surface area contributed by atoms with E-state index in [1.54, 1.807) is 12.3 Å². The van der Waals surface area contributed by atoms with Crippen molar-refractivity contribution in [3.05, 3.63) is 42.4 Å². The second-order valence-electron chi connectivity index (χ2n) is 3.32. The Hall–Kier alpha value is -2.63. The molecule has 0 spiro atoms. The number of carboxylic acids is 1. The summed E-state index contributed by atoms with van der Waals surface area (Å²) in [5, 5.41) is 8.87. The molecular weight excluding hydrogens is 236 g/mol. The summed E-state index contributed by atoms with van der Waals surface area (Å²) < 4.78 is 10.5. The fourth-order valence-electron chi connectivity index (χ4n) is 1.34. The molecule has 0 saturated carbocycles. The van der Waals surface area contributed by atoms with Gasteiger partial charge in [0.25, 0.3) is 0 Å². The lowest BCUT2D eigenvalue weighted by Crippen LogP contribution is -1.98. The lowest BCUT2D eigenvalue weighted by atomic mass is 10.2. The standard InChI is InChI=1S/C12H10N2O4/c1-17-10-6-8(12(15)16)2-3-9(10)18-11-4-5-13-7-14-11/h2-7H,1H3,(H,15,16). The molecule has 2 rings (SSSR count). The molecule has 0 radical (unpaired) electrons. The summed E-state index contributed by atoms with van der Waals surface area (Å²) >= 11 is 0. The molecule has 0 amide bonds. The third-order valence-corrected chi connectivity index (χ3v) is 2.18. The van der Waals surface area contributed by atoms with Crippen LogP contribution < -0.4 is 9.47 Å². The highest BCUT2D eigenvalue weighted by Crippen LogP contribution is 2.31. The first-order chi connectivity index (χ1) is 8.70. The fourth-order valence-corrected chi connectivity index (χ4v) is 1.34. The van der Waals surface area contributed by atoms with Crippen LogP contribution in [0.1, 0.15) is 10.4 Å². The van der Waals surface area contributed by atoms with Crippen molar-refractivity contribution in [3.8, 4) is 17.4 Å². The number of ether oxygens (including phenoxy) is 2. The fraction of sp³-hybridized carbons (Fsp3) is 0.0833. The van der Waals surface area contributed by atoms with Gasteiger partial charge in [0.15, 0.2) is 11.5 Å². The first-order valence-corrected chi connectivity index (χ1v) is 5.06. The largest absolute Gasteiger partial charge is 0.493 e. The Labute approximate surface area is 103 Å². The van der Waals surface area contributed by atoms with Gasteiger partial charge in [-0.15, -0.1) is 0 Å². The van der Waals surface area contributed by atoms with Gasteiger partial charge in [0.1, 0.15) is 6.33 Å². The van der Waals surface area contributed by atoms with Crippen molar-refractivity contribution in [1.29, 1.82) is 0 Å². The lowest BCUT2D eigenvalue weighted by Gasteiger charge is -2.09. The molecule has 0 bridgehead atoms. The molecule has 0 aliphatic heterocycles. The molecule has 1 aromatic carbocycles. The van der Waals surface area contributed by atoms with Gasteiger partial charge < -0.3 is 14.6 Å². The quantitative estimate of drug-likeness (QED) is 0.888. The van der Waals surface area contributed by atoms with E-state index < -0.39 is 5.97 Å². The maximum Gasteiger partial charge on any atom is 0.335 e. The van der Waals surface area contributed by atoms with Crippen LogP contribution in [0, 0.1) is 0 Å². The highest BCUT2D eigenvalue weighted by Gasteiger charge is 2.10. The molecule has 6 nitrogen and oxygen atoms in total. The van der Waals surface area contributed by atoms with E-state index in [4.69, 9.17) is 14.6 Å². The Morgan fingerprint density at radius 3 is 2.72 bits per heavy atom. The Morgan fingerprint density at radius 1 is 1.28 bits per heavy atom. The minimum atomic E-state index is -1.03. The molecule has 1 N–H and O–H groups in total. The van der Waals surface area contributed by atoms with E-state index in [-0.39, 0.29) is 5.56 Å². The number of carboxylic acid groups (broad SMARTS) is 1. The van der Waals surface area contributed by atoms with E-state index in [9.17, 15) is 4.79 Å². The molecule has 0 saturated heterocycles. The minimum absolute atomic E-state index is 0.127. The van der Waals surface area contributed by atoms with Crippen LogP contribution in [0.2, 0.25) is 0 Å². The zero-order valence-corrected chi connectivity index (χ0v) is 9.53. The predicted molar refractivity (Wildman–Crippen MR) is 62.1 cm³/mol. The Morgan fingerprint density at radius 2 is 2.11 bits per heavy atom. The lowest BCUT2D eigenvalue weighted by molar-refractivity contribution is 0.0696. The van der Waals surface area contributed by atoms with E-state index in [1.807, 2.05) is 0 Å². The van der Waals surface area contributed by atoms with Crippen LogP contribution in [0.25, 0.3) is 0 Å². The number of nitrogens with zero attached hydrogens (tertiary/aromatic N) is 2. The summed E-state index contributed by atoms with van der Waals surface area (Å²) in [6, 6.07) is 5.93. The number of benzene rings is 1. The van der Waals surface area contributed by atoms with Crippen molar-refractivity contribution in [2.75, 3.05) is 7.11 Å². The van der Waals surface area contributed by atoms with Crippen LogP contribution in [0.4, 0.5) is 0 Å². The molecule has 0 unspecified atom stereocenters. The molecule has 1 aromatic heterocycles. The third-order valence-electron chi connectivity index (χ3n) is 2.18. The molecule has 6 heteroatoms. The summed E-state index contributed by atoms with van der Waals surface area (Å²) in [6.45, 7) is 0. The van der Waals surface area contributed by atoms with Gasteiger partial charge in [-0.05, 0) is 18.2 Å². The molecule has 0 fully saturated rings. The van der Waals surface area contributed by atoms with Gasteiger partial charge in [-0.2, -0.15) is 0 Å². The van der Waals surface area contributed by atoms with Crippen LogP contribution in [-0.2, 0) is 0 Å². The Kier molecular flexibility index (Phi) is 3.38. The van der Waals surface area contributed by atoms with Gasteiger partial charge in [0.05, 0.1) is 12.7 Å².